The predicted octanol–water partition coefficient (Wildman–Crippen LogP) is 2.44. The molecular formula is C12H18Cl2N10. The van der Waals surface area contributed by atoms with Crippen LogP contribution in [0.3, 0.4) is 0 Å². The Labute approximate surface area is 149 Å². The number of hydrogen-bond acceptors (Lipinski definition) is 10. The molecule has 0 aliphatic heterocycles. The van der Waals surface area contributed by atoms with Gasteiger partial charge in [-0.25, -0.2) is 0 Å². The molecule has 0 unspecified atom stereocenters. The quantitative estimate of drug-likeness (QED) is 0.538. The SMILES string of the molecule is CC(C)Nc1nc(Cl)nc(NNc2nc(Cl)nc(NC(C)C)n2)n1. The molecule has 12 heteroatoms. The van der Waals surface area contributed by atoms with Crippen LogP contribution < -0.4 is 21.5 Å². The van der Waals surface area contributed by atoms with E-state index in [-0.39, 0.29) is 34.5 Å². The summed E-state index contributed by atoms with van der Waals surface area (Å²) in [4.78, 5) is 24.2. The van der Waals surface area contributed by atoms with Crippen LogP contribution in [0.4, 0.5) is 23.8 Å². The molecule has 2 heterocycles. The van der Waals surface area contributed by atoms with Gasteiger partial charge in [0.05, 0.1) is 0 Å². The number of nitrogens with one attached hydrogen (secondary N) is 4. The molecule has 0 aliphatic carbocycles. The minimum absolute atomic E-state index is 0.0493. The van der Waals surface area contributed by atoms with Gasteiger partial charge in [-0.05, 0) is 50.9 Å². The van der Waals surface area contributed by atoms with Crippen molar-refractivity contribution in [2.45, 2.75) is 39.8 Å². The first-order valence-electron chi connectivity index (χ1n) is 7.20. The van der Waals surface area contributed by atoms with Crippen molar-refractivity contribution in [3.8, 4) is 0 Å². The lowest BCUT2D eigenvalue weighted by atomic mass is 10.4. The molecule has 2 aromatic heterocycles. The topological polar surface area (TPSA) is 125 Å². The summed E-state index contributed by atoms with van der Waals surface area (Å²) in [6, 6.07) is 0.299. The lowest BCUT2D eigenvalue weighted by molar-refractivity contribution is 0.863. The van der Waals surface area contributed by atoms with Crippen LogP contribution in [0.15, 0.2) is 0 Å². The Morgan fingerprint density at radius 2 is 0.917 bits per heavy atom. The van der Waals surface area contributed by atoms with Gasteiger partial charge < -0.3 is 10.6 Å². The van der Waals surface area contributed by atoms with Gasteiger partial charge >= 0.3 is 0 Å². The number of anilines is 4. The number of hydrazine groups is 1. The second kappa shape index (κ2) is 8.06. The van der Waals surface area contributed by atoms with Crippen LogP contribution in [0, 0.1) is 0 Å². The second-order valence-electron chi connectivity index (χ2n) is 5.35. The van der Waals surface area contributed by atoms with E-state index in [2.05, 4.69) is 51.4 Å². The van der Waals surface area contributed by atoms with Crippen LogP contribution in [0.1, 0.15) is 27.7 Å². The first-order valence-corrected chi connectivity index (χ1v) is 7.95. The van der Waals surface area contributed by atoms with Crippen molar-refractivity contribution in [3.63, 3.8) is 0 Å². The van der Waals surface area contributed by atoms with Gasteiger partial charge in [-0.15, -0.1) is 0 Å². The Kier molecular flexibility index (Phi) is 6.10. The summed E-state index contributed by atoms with van der Waals surface area (Å²) in [6.45, 7) is 7.83. The van der Waals surface area contributed by atoms with Gasteiger partial charge in [0.25, 0.3) is 0 Å². The average Bonchev–Trinajstić information content (AvgIpc) is 2.42. The highest BCUT2D eigenvalue weighted by molar-refractivity contribution is 6.28. The summed E-state index contributed by atoms with van der Waals surface area (Å²) < 4.78 is 0. The highest BCUT2D eigenvalue weighted by atomic mass is 35.5. The van der Waals surface area contributed by atoms with Crippen LogP contribution in [-0.4, -0.2) is 42.0 Å². The normalized spacial score (nSPS) is 10.8. The highest BCUT2D eigenvalue weighted by Gasteiger charge is 2.09. The fraction of sp³-hybridized carbons (Fsp3) is 0.500. The van der Waals surface area contributed by atoms with Gasteiger partial charge in [0, 0.05) is 12.1 Å². The van der Waals surface area contributed by atoms with Gasteiger partial charge in [-0.2, -0.15) is 29.9 Å². The van der Waals surface area contributed by atoms with Gasteiger partial charge in [-0.1, -0.05) is 0 Å². The molecule has 0 fully saturated rings. The molecule has 130 valence electrons. The van der Waals surface area contributed by atoms with Gasteiger partial charge in [0.2, 0.25) is 34.4 Å². The molecule has 24 heavy (non-hydrogen) atoms. The molecule has 4 N–H and O–H groups in total. The first-order chi connectivity index (χ1) is 11.3. The predicted molar refractivity (Wildman–Crippen MR) is 94.4 cm³/mol. The lowest BCUT2D eigenvalue weighted by Crippen LogP contribution is -2.19. The summed E-state index contributed by atoms with van der Waals surface area (Å²) >= 11 is 11.8. The molecule has 0 amide bonds. The van der Waals surface area contributed by atoms with Gasteiger partial charge in [0.15, 0.2) is 0 Å². The Morgan fingerprint density at radius 3 is 1.25 bits per heavy atom. The minimum atomic E-state index is 0.0493. The molecule has 0 spiro atoms. The fourth-order valence-electron chi connectivity index (χ4n) is 1.57. The van der Waals surface area contributed by atoms with E-state index in [4.69, 9.17) is 23.2 Å². The average molecular weight is 373 g/mol. The summed E-state index contributed by atoms with van der Waals surface area (Å²) in [6.07, 6.45) is 0. The van der Waals surface area contributed by atoms with Crippen molar-refractivity contribution in [3.05, 3.63) is 10.6 Å². The van der Waals surface area contributed by atoms with E-state index in [9.17, 15) is 0 Å². The van der Waals surface area contributed by atoms with E-state index in [1.165, 1.54) is 0 Å². The third-order valence-electron chi connectivity index (χ3n) is 2.34. The molecule has 0 aliphatic rings. The van der Waals surface area contributed by atoms with Gasteiger partial charge in [0.1, 0.15) is 0 Å². The van der Waals surface area contributed by atoms with Gasteiger partial charge in [-0.3, -0.25) is 10.9 Å². The van der Waals surface area contributed by atoms with E-state index >= 15 is 0 Å². The van der Waals surface area contributed by atoms with E-state index in [1.807, 2.05) is 27.7 Å². The van der Waals surface area contributed by atoms with E-state index in [0.29, 0.717) is 11.9 Å². The molecule has 0 saturated heterocycles. The number of hydrogen-bond donors (Lipinski definition) is 4. The molecule has 10 nitrogen and oxygen atoms in total. The maximum atomic E-state index is 5.88. The summed E-state index contributed by atoms with van der Waals surface area (Å²) in [7, 11) is 0. The Hall–Kier alpha value is -2.20. The number of halogens is 2. The number of rotatable bonds is 7. The molecule has 2 aromatic rings. The zero-order valence-electron chi connectivity index (χ0n) is 13.6. The largest absolute Gasteiger partial charge is 0.352 e. The van der Waals surface area contributed by atoms with E-state index < -0.39 is 0 Å². The van der Waals surface area contributed by atoms with E-state index in [0.717, 1.165) is 0 Å². The molecule has 0 atom stereocenters. The molecule has 0 radical (unpaired) electrons. The molecular weight excluding hydrogens is 355 g/mol. The third kappa shape index (κ3) is 5.78. The maximum Gasteiger partial charge on any atom is 0.247 e. The molecule has 2 rings (SSSR count). The Balaban J connectivity index is 2.10. The van der Waals surface area contributed by atoms with E-state index in [1.54, 1.807) is 0 Å². The van der Waals surface area contributed by atoms with Crippen LogP contribution in [-0.2, 0) is 0 Å². The Morgan fingerprint density at radius 1 is 0.583 bits per heavy atom. The van der Waals surface area contributed by atoms with Crippen molar-refractivity contribution in [1.82, 2.24) is 29.9 Å². The minimum Gasteiger partial charge on any atom is -0.352 e. The van der Waals surface area contributed by atoms with Crippen LogP contribution in [0.5, 0.6) is 0 Å². The third-order valence-corrected chi connectivity index (χ3v) is 2.68. The van der Waals surface area contributed by atoms with Crippen molar-refractivity contribution < 1.29 is 0 Å². The standard InChI is InChI=1S/C12H18Cl2N10/c1-5(2)15-9-17-7(13)19-11(21-9)23-24-12-20-8(14)18-10(22-12)16-6(3)4/h5-6H,1-4H3,(H2,15,17,19,21,23)(H2,16,18,20,22,24). The lowest BCUT2D eigenvalue weighted by Gasteiger charge is -2.12. The fourth-order valence-corrected chi connectivity index (χ4v) is 1.89. The van der Waals surface area contributed by atoms with Crippen LogP contribution in [0.2, 0.25) is 10.6 Å². The number of nitrogens with zero attached hydrogens (tertiary/aromatic N) is 6. The molecule has 0 bridgehead atoms. The molecule has 0 saturated carbocycles. The monoisotopic (exact) mass is 372 g/mol. The first kappa shape index (κ1) is 18.1. The van der Waals surface area contributed by atoms with Crippen LogP contribution >= 0.6 is 23.2 Å². The Bertz CT molecular complexity index is 634. The zero-order chi connectivity index (χ0) is 17.7. The van der Waals surface area contributed by atoms with Crippen molar-refractivity contribution in [2.24, 2.45) is 0 Å². The zero-order valence-corrected chi connectivity index (χ0v) is 15.1. The molecule has 0 aromatic carbocycles. The second-order valence-corrected chi connectivity index (χ2v) is 6.03. The van der Waals surface area contributed by atoms with Crippen molar-refractivity contribution >= 4 is 47.0 Å². The van der Waals surface area contributed by atoms with Crippen molar-refractivity contribution in [1.29, 1.82) is 0 Å². The van der Waals surface area contributed by atoms with Crippen molar-refractivity contribution in [2.75, 3.05) is 21.5 Å². The maximum absolute atomic E-state index is 5.88. The smallest absolute Gasteiger partial charge is 0.247 e. The van der Waals surface area contributed by atoms with Crippen LogP contribution in [0.25, 0.3) is 0 Å². The summed E-state index contributed by atoms with van der Waals surface area (Å²) in [5.74, 6) is 1.11. The summed E-state index contributed by atoms with van der Waals surface area (Å²) in [5.41, 5.74) is 5.49. The summed E-state index contributed by atoms with van der Waals surface area (Å²) in [5, 5.41) is 6.17. The number of aromatic nitrogens is 6. The highest BCUT2D eigenvalue weighted by Crippen LogP contribution is 2.13.